The van der Waals surface area contributed by atoms with Crippen LogP contribution in [0.15, 0.2) is 0 Å². The Hall–Kier alpha value is -1.38. The number of nitrogens with one attached hydrogen (secondary N) is 1. The summed E-state index contributed by atoms with van der Waals surface area (Å²) in [5, 5.41) is 11.5. The predicted molar refractivity (Wildman–Crippen MR) is 77.9 cm³/mol. The lowest BCUT2D eigenvalue weighted by atomic mass is 9.98. The van der Waals surface area contributed by atoms with Crippen molar-refractivity contribution in [2.45, 2.75) is 45.2 Å². The summed E-state index contributed by atoms with van der Waals surface area (Å²) in [5.74, 6) is -1.44. The molecule has 124 valence electrons. The van der Waals surface area contributed by atoms with Gasteiger partial charge in [0.2, 0.25) is 5.13 Å². The van der Waals surface area contributed by atoms with Gasteiger partial charge in [0.25, 0.3) is 0 Å². The summed E-state index contributed by atoms with van der Waals surface area (Å²) < 4.78 is 38.2. The van der Waals surface area contributed by atoms with Gasteiger partial charge in [-0.2, -0.15) is 13.2 Å². The fourth-order valence-electron chi connectivity index (χ4n) is 2.33. The molecule has 0 aliphatic carbocycles. The largest absolute Gasteiger partial charge is 0.393 e. The second kappa shape index (κ2) is 7.26. The Morgan fingerprint density at radius 2 is 2.23 bits per heavy atom. The van der Waals surface area contributed by atoms with Crippen LogP contribution in [-0.2, 0) is 6.42 Å². The highest BCUT2D eigenvalue weighted by Crippen LogP contribution is 2.33. The maximum Gasteiger partial charge on any atom is 0.393 e. The number of unbranched alkanes of at least 4 members (excludes halogenated alkanes) is 1. The lowest BCUT2D eigenvalue weighted by molar-refractivity contribution is -0.183. The third-order valence-corrected chi connectivity index (χ3v) is 4.49. The zero-order valence-electron chi connectivity index (χ0n) is 12.3. The third-order valence-electron chi connectivity index (χ3n) is 3.60. The maximum atomic E-state index is 12.7. The van der Waals surface area contributed by atoms with Crippen LogP contribution in [0.4, 0.5) is 23.1 Å². The van der Waals surface area contributed by atoms with E-state index in [4.69, 9.17) is 0 Å². The number of likely N-dealkylation sites (tertiary alicyclic amines) is 1. The number of urea groups is 1. The highest BCUT2D eigenvalue weighted by Gasteiger charge is 2.42. The van der Waals surface area contributed by atoms with Crippen LogP contribution in [0.2, 0.25) is 0 Å². The second-order valence-electron chi connectivity index (χ2n) is 5.36. The van der Waals surface area contributed by atoms with E-state index in [-0.39, 0.29) is 13.0 Å². The molecule has 9 heteroatoms. The van der Waals surface area contributed by atoms with Crippen molar-refractivity contribution in [3.8, 4) is 0 Å². The van der Waals surface area contributed by atoms with Gasteiger partial charge in [0.1, 0.15) is 5.01 Å². The molecule has 2 rings (SSSR count). The number of carbonyl (C=O) groups excluding carboxylic acids is 1. The van der Waals surface area contributed by atoms with Gasteiger partial charge in [0.15, 0.2) is 0 Å². The number of alkyl halides is 3. The Morgan fingerprint density at radius 3 is 2.91 bits per heavy atom. The first-order chi connectivity index (χ1) is 10.4. The Bertz CT molecular complexity index is 506. The van der Waals surface area contributed by atoms with E-state index in [1.54, 1.807) is 0 Å². The van der Waals surface area contributed by atoms with Crippen LogP contribution in [0.25, 0.3) is 0 Å². The van der Waals surface area contributed by atoms with Crippen molar-refractivity contribution in [2.75, 3.05) is 18.4 Å². The fraction of sp³-hybridized carbons (Fsp3) is 0.769. The molecule has 1 aliphatic rings. The van der Waals surface area contributed by atoms with Crippen LogP contribution < -0.4 is 5.32 Å². The lowest BCUT2D eigenvalue weighted by Crippen LogP contribution is -2.46. The Labute approximate surface area is 130 Å². The van der Waals surface area contributed by atoms with Crippen molar-refractivity contribution < 1.29 is 18.0 Å². The van der Waals surface area contributed by atoms with E-state index < -0.39 is 18.1 Å². The van der Waals surface area contributed by atoms with E-state index in [0.717, 1.165) is 24.3 Å². The number of carbonyl (C=O) groups is 1. The number of aryl methyl sites for hydroxylation is 1. The lowest BCUT2D eigenvalue weighted by Gasteiger charge is -2.33. The average Bonchev–Trinajstić information content (AvgIpc) is 2.92. The van der Waals surface area contributed by atoms with Gasteiger partial charge in [-0.15, -0.1) is 10.2 Å². The molecular formula is C13H19F3N4OS. The first kappa shape index (κ1) is 17.0. The van der Waals surface area contributed by atoms with Crippen LogP contribution >= 0.6 is 11.3 Å². The minimum atomic E-state index is -4.25. The van der Waals surface area contributed by atoms with Crippen molar-refractivity contribution >= 4 is 22.5 Å². The quantitative estimate of drug-likeness (QED) is 0.912. The molecule has 1 saturated heterocycles. The zero-order chi connectivity index (χ0) is 16.2. The summed E-state index contributed by atoms with van der Waals surface area (Å²) in [4.78, 5) is 13.3. The fourth-order valence-corrected chi connectivity index (χ4v) is 3.10. The smallest absolute Gasteiger partial charge is 0.324 e. The zero-order valence-corrected chi connectivity index (χ0v) is 13.1. The number of amides is 2. The summed E-state index contributed by atoms with van der Waals surface area (Å²) in [7, 11) is 0. The minimum Gasteiger partial charge on any atom is -0.324 e. The second-order valence-corrected chi connectivity index (χ2v) is 6.42. The van der Waals surface area contributed by atoms with Gasteiger partial charge in [-0.1, -0.05) is 24.7 Å². The number of nitrogens with zero attached hydrogens (tertiary/aromatic N) is 3. The molecule has 0 aromatic carbocycles. The first-order valence-electron chi connectivity index (χ1n) is 7.35. The standard InChI is InChI=1S/C13H19F3N4OS/c1-2-3-6-10-18-19-11(22-10)17-12(21)20-7-4-5-9(8-20)13(14,15)16/h9H,2-8H2,1H3,(H,17,19,21)/t9-/m0/s1. The molecule has 1 aromatic rings. The molecule has 0 bridgehead atoms. The molecule has 22 heavy (non-hydrogen) atoms. The summed E-state index contributed by atoms with van der Waals surface area (Å²) >= 11 is 1.27. The Balaban J connectivity index is 1.90. The highest BCUT2D eigenvalue weighted by molar-refractivity contribution is 7.15. The van der Waals surface area contributed by atoms with E-state index in [0.29, 0.717) is 18.1 Å². The minimum absolute atomic E-state index is 0.0766. The van der Waals surface area contributed by atoms with Crippen molar-refractivity contribution in [1.82, 2.24) is 15.1 Å². The van der Waals surface area contributed by atoms with Gasteiger partial charge >= 0.3 is 12.2 Å². The topological polar surface area (TPSA) is 58.1 Å². The van der Waals surface area contributed by atoms with E-state index in [1.807, 2.05) is 0 Å². The molecular weight excluding hydrogens is 317 g/mol. The molecule has 0 saturated carbocycles. The van der Waals surface area contributed by atoms with Crippen molar-refractivity contribution in [1.29, 1.82) is 0 Å². The number of anilines is 1. The van der Waals surface area contributed by atoms with E-state index >= 15 is 0 Å². The van der Waals surface area contributed by atoms with Crippen molar-refractivity contribution in [2.24, 2.45) is 5.92 Å². The Kier molecular flexibility index (Phi) is 5.60. The number of rotatable bonds is 4. The molecule has 1 aliphatic heterocycles. The van der Waals surface area contributed by atoms with Crippen molar-refractivity contribution in [3.05, 3.63) is 5.01 Å². The highest BCUT2D eigenvalue weighted by atomic mass is 32.1. The summed E-state index contributed by atoms with van der Waals surface area (Å²) in [6.07, 6.45) is -1.00. The van der Waals surface area contributed by atoms with E-state index in [2.05, 4.69) is 22.4 Å². The molecule has 1 atom stereocenters. The average molecular weight is 336 g/mol. The summed E-state index contributed by atoms with van der Waals surface area (Å²) in [5.41, 5.74) is 0. The molecule has 1 aromatic heterocycles. The molecule has 1 N–H and O–H groups in total. The number of piperidine rings is 1. The molecule has 0 radical (unpaired) electrons. The Morgan fingerprint density at radius 1 is 1.45 bits per heavy atom. The summed E-state index contributed by atoms with van der Waals surface area (Å²) in [6, 6.07) is -0.535. The maximum absolute atomic E-state index is 12.7. The van der Waals surface area contributed by atoms with E-state index in [1.165, 1.54) is 16.2 Å². The number of hydrogen-bond acceptors (Lipinski definition) is 4. The van der Waals surface area contributed by atoms with Gasteiger partial charge < -0.3 is 4.90 Å². The number of halogens is 3. The van der Waals surface area contributed by atoms with Gasteiger partial charge in [-0.05, 0) is 19.3 Å². The van der Waals surface area contributed by atoms with Gasteiger partial charge in [-0.3, -0.25) is 5.32 Å². The van der Waals surface area contributed by atoms with Gasteiger partial charge in [0.05, 0.1) is 5.92 Å². The van der Waals surface area contributed by atoms with Crippen LogP contribution in [0.3, 0.4) is 0 Å². The third kappa shape index (κ3) is 4.56. The predicted octanol–water partition coefficient (Wildman–Crippen LogP) is 3.69. The molecule has 0 unspecified atom stereocenters. The molecule has 5 nitrogen and oxygen atoms in total. The monoisotopic (exact) mass is 336 g/mol. The molecule has 2 amide bonds. The van der Waals surface area contributed by atoms with E-state index in [9.17, 15) is 18.0 Å². The van der Waals surface area contributed by atoms with Gasteiger partial charge in [-0.25, -0.2) is 4.79 Å². The molecule has 2 heterocycles. The number of aromatic nitrogens is 2. The first-order valence-corrected chi connectivity index (χ1v) is 8.16. The van der Waals surface area contributed by atoms with Crippen LogP contribution in [0, 0.1) is 5.92 Å². The van der Waals surface area contributed by atoms with Crippen LogP contribution in [-0.4, -0.2) is 40.4 Å². The number of hydrogen-bond donors (Lipinski definition) is 1. The SMILES string of the molecule is CCCCc1nnc(NC(=O)N2CCC[C@H](C(F)(F)F)C2)s1. The van der Waals surface area contributed by atoms with Crippen LogP contribution in [0.5, 0.6) is 0 Å². The van der Waals surface area contributed by atoms with Crippen molar-refractivity contribution in [3.63, 3.8) is 0 Å². The molecule has 0 spiro atoms. The molecule has 1 fully saturated rings. The van der Waals surface area contributed by atoms with Gasteiger partial charge in [0, 0.05) is 19.5 Å². The van der Waals surface area contributed by atoms with Crippen LogP contribution in [0.1, 0.15) is 37.6 Å². The normalized spacial score (nSPS) is 19.3. The summed E-state index contributed by atoms with van der Waals surface area (Å²) in [6.45, 7) is 2.11.